The fraction of sp³-hybridized carbons (Fsp3) is 0.538. The molecule has 4 nitrogen and oxygen atoms in total. The Labute approximate surface area is 181 Å². The van der Waals surface area contributed by atoms with Crippen molar-refractivity contribution in [2.75, 3.05) is 12.4 Å². The summed E-state index contributed by atoms with van der Waals surface area (Å²) in [6.07, 6.45) is 4.53. The smallest absolute Gasteiger partial charge is 0.160 e. The average Bonchev–Trinajstić information content (AvgIpc) is 3.09. The van der Waals surface area contributed by atoms with E-state index in [1.165, 1.54) is 29.5 Å². The third-order valence-corrected chi connectivity index (χ3v) is 5.94. The van der Waals surface area contributed by atoms with E-state index in [4.69, 9.17) is 9.57 Å². The molecule has 30 heavy (non-hydrogen) atoms. The lowest BCUT2D eigenvalue weighted by atomic mass is 9.84. The monoisotopic (exact) mass is 408 g/mol. The highest BCUT2D eigenvalue weighted by atomic mass is 16.7. The second kappa shape index (κ2) is 7.49. The fourth-order valence-corrected chi connectivity index (χ4v) is 4.77. The van der Waals surface area contributed by atoms with Crippen molar-refractivity contribution in [3.63, 3.8) is 0 Å². The predicted molar refractivity (Wildman–Crippen MR) is 124 cm³/mol. The Morgan fingerprint density at radius 1 is 0.967 bits per heavy atom. The zero-order valence-electron chi connectivity index (χ0n) is 19.6. The van der Waals surface area contributed by atoms with Crippen LogP contribution in [-0.4, -0.2) is 23.3 Å². The molecule has 0 radical (unpaired) electrons. The van der Waals surface area contributed by atoms with Gasteiger partial charge in [0.25, 0.3) is 0 Å². The van der Waals surface area contributed by atoms with E-state index < -0.39 is 0 Å². The number of benzene rings is 2. The van der Waals surface area contributed by atoms with Gasteiger partial charge in [-0.1, -0.05) is 30.3 Å². The number of hydroxylamine groups is 2. The number of nitrogens with zero attached hydrogens (tertiary/aromatic N) is 1. The lowest BCUT2D eigenvalue weighted by Crippen LogP contribution is -2.43. The van der Waals surface area contributed by atoms with Crippen molar-refractivity contribution in [3.8, 4) is 11.5 Å². The zero-order chi connectivity index (χ0) is 21.7. The number of rotatable bonds is 3. The number of anilines is 1. The maximum atomic E-state index is 6.69. The highest BCUT2D eigenvalue weighted by Crippen LogP contribution is 2.56. The summed E-state index contributed by atoms with van der Waals surface area (Å²) in [5, 5.41) is 5.94. The van der Waals surface area contributed by atoms with E-state index in [0.29, 0.717) is 0 Å². The Morgan fingerprint density at radius 2 is 1.60 bits per heavy atom. The van der Waals surface area contributed by atoms with Crippen molar-refractivity contribution >= 4 is 5.69 Å². The van der Waals surface area contributed by atoms with Crippen LogP contribution in [0.3, 0.4) is 0 Å². The predicted octanol–water partition coefficient (Wildman–Crippen LogP) is 6.28. The topological polar surface area (TPSA) is 33.7 Å². The third-order valence-electron chi connectivity index (χ3n) is 5.94. The quantitative estimate of drug-likeness (QED) is 0.648. The van der Waals surface area contributed by atoms with E-state index in [0.717, 1.165) is 35.6 Å². The van der Waals surface area contributed by atoms with Crippen molar-refractivity contribution in [2.24, 2.45) is 0 Å². The highest BCUT2D eigenvalue weighted by molar-refractivity contribution is 5.75. The molecule has 4 rings (SSSR count). The van der Waals surface area contributed by atoms with Gasteiger partial charge in [0, 0.05) is 16.6 Å². The van der Waals surface area contributed by atoms with Crippen LogP contribution in [0.25, 0.3) is 0 Å². The molecular weight excluding hydrogens is 372 g/mol. The molecule has 0 saturated heterocycles. The van der Waals surface area contributed by atoms with Gasteiger partial charge >= 0.3 is 0 Å². The minimum atomic E-state index is -0.163. The first-order valence-electron chi connectivity index (χ1n) is 11.2. The molecule has 1 aliphatic heterocycles. The molecule has 1 N–H and O–H groups in total. The van der Waals surface area contributed by atoms with Crippen molar-refractivity contribution in [1.82, 2.24) is 5.06 Å². The summed E-state index contributed by atoms with van der Waals surface area (Å²) < 4.78 is 6.14. The van der Waals surface area contributed by atoms with Gasteiger partial charge in [-0.3, -0.25) is 0 Å². The molecule has 0 amide bonds. The molecule has 0 spiro atoms. The van der Waals surface area contributed by atoms with Gasteiger partial charge in [-0.15, -0.1) is 5.06 Å². The lowest BCUT2D eigenvalue weighted by Gasteiger charge is -2.35. The zero-order valence-corrected chi connectivity index (χ0v) is 19.6. The normalized spacial score (nSPS) is 19.1. The van der Waals surface area contributed by atoms with Gasteiger partial charge in [-0.25, -0.2) is 0 Å². The number of nitrogens with one attached hydrogen (secondary N) is 1. The Hall–Kier alpha value is -2.20. The van der Waals surface area contributed by atoms with E-state index in [9.17, 15) is 0 Å². The average molecular weight is 409 g/mol. The molecule has 0 fully saturated rings. The van der Waals surface area contributed by atoms with Crippen molar-refractivity contribution in [1.29, 1.82) is 0 Å². The third kappa shape index (κ3) is 3.66. The molecule has 0 bridgehead atoms. The lowest BCUT2D eigenvalue weighted by molar-refractivity contribution is -0.129. The summed E-state index contributed by atoms with van der Waals surface area (Å²) in [5.74, 6) is 1.95. The minimum Gasteiger partial charge on any atom is -0.494 e. The molecule has 2 aliphatic rings. The van der Waals surface area contributed by atoms with Crippen molar-refractivity contribution in [3.05, 3.63) is 52.6 Å². The van der Waals surface area contributed by atoms with Crippen molar-refractivity contribution in [2.45, 2.75) is 84.3 Å². The largest absolute Gasteiger partial charge is 0.494 e. The first-order valence-corrected chi connectivity index (χ1v) is 11.2. The molecule has 1 aliphatic carbocycles. The summed E-state index contributed by atoms with van der Waals surface area (Å²) in [5.41, 5.74) is 6.04. The maximum absolute atomic E-state index is 6.69. The van der Waals surface area contributed by atoms with Crippen molar-refractivity contribution < 1.29 is 9.57 Å². The second-order valence-corrected chi connectivity index (χ2v) is 10.6. The van der Waals surface area contributed by atoms with E-state index >= 15 is 0 Å². The number of hydrogen-bond donors (Lipinski definition) is 1. The van der Waals surface area contributed by atoms with E-state index in [1.54, 1.807) is 7.11 Å². The van der Waals surface area contributed by atoms with E-state index in [2.05, 4.69) is 82.3 Å². The number of methoxy groups -OCH3 is 1. The Balaban J connectivity index is 2.01. The van der Waals surface area contributed by atoms with Crippen LogP contribution < -0.4 is 14.9 Å². The summed E-state index contributed by atoms with van der Waals surface area (Å²) in [7, 11) is 1.79. The minimum absolute atomic E-state index is 0.0103. The second-order valence-electron chi connectivity index (χ2n) is 10.6. The molecule has 0 saturated carbocycles. The van der Waals surface area contributed by atoms with E-state index in [-0.39, 0.29) is 17.1 Å². The first kappa shape index (κ1) is 21.0. The van der Waals surface area contributed by atoms with Crippen LogP contribution in [0.2, 0.25) is 0 Å². The molecule has 2 aromatic carbocycles. The van der Waals surface area contributed by atoms with Gasteiger partial charge in [0.05, 0.1) is 18.4 Å². The first-order chi connectivity index (χ1) is 14.1. The molecule has 0 aromatic heterocycles. The molecule has 1 heterocycles. The Morgan fingerprint density at radius 3 is 2.17 bits per heavy atom. The Kier molecular flexibility index (Phi) is 5.26. The molecule has 1 unspecified atom stereocenters. The van der Waals surface area contributed by atoms with Crippen LogP contribution >= 0.6 is 0 Å². The Bertz CT molecular complexity index is 923. The van der Waals surface area contributed by atoms with Gasteiger partial charge in [-0.2, -0.15) is 0 Å². The van der Waals surface area contributed by atoms with Gasteiger partial charge in [0.15, 0.2) is 11.5 Å². The summed E-state index contributed by atoms with van der Waals surface area (Å²) in [6.45, 7) is 13.3. The summed E-state index contributed by atoms with van der Waals surface area (Å²) in [6, 6.07) is 10.7. The number of hydrogen-bond acceptors (Lipinski definition) is 4. The van der Waals surface area contributed by atoms with Crippen LogP contribution in [0, 0.1) is 0 Å². The van der Waals surface area contributed by atoms with Gasteiger partial charge in [0.2, 0.25) is 0 Å². The van der Waals surface area contributed by atoms with Gasteiger partial charge in [0.1, 0.15) is 6.04 Å². The summed E-state index contributed by atoms with van der Waals surface area (Å²) >= 11 is 0. The number of ether oxygens (including phenoxy) is 1. The summed E-state index contributed by atoms with van der Waals surface area (Å²) in [4.78, 5) is 6.69. The fourth-order valence-electron chi connectivity index (χ4n) is 4.77. The number of fused-ring (bicyclic) bond motifs is 3. The SMILES string of the molecule is COc1c(NC(C)(C)C)c2c(c3c1C(c1ccccc1)N(C(C)(C)C)O3)CCCC2. The van der Waals surface area contributed by atoms with E-state index in [1.807, 2.05) is 0 Å². The van der Waals surface area contributed by atoms with Crippen LogP contribution in [-0.2, 0) is 12.8 Å². The van der Waals surface area contributed by atoms with Crippen LogP contribution in [0.5, 0.6) is 11.5 Å². The highest BCUT2D eigenvalue weighted by Gasteiger charge is 2.45. The van der Waals surface area contributed by atoms with Crippen LogP contribution in [0.4, 0.5) is 5.69 Å². The molecule has 4 heteroatoms. The molecular formula is C26H36N2O2. The van der Waals surface area contributed by atoms with Crippen LogP contribution in [0.1, 0.15) is 82.7 Å². The van der Waals surface area contributed by atoms with Gasteiger partial charge < -0.3 is 14.9 Å². The standard InChI is InChI=1S/C26H36N2O2/c1-25(2,3)27-21-18-15-11-12-16-19(18)23-20(24(21)29-7)22(17-13-9-8-10-14-17)28(30-23)26(4,5)6/h8-10,13-14,22,27H,11-12,15-16H2,1-7H3. The van der Waals surface area contributed by atoms with Gasteiger partial charge in [-0.05, 0) is 78.4 Å². The molecule has 1 atom stereocenters. The van der Waals surface area contributed by atoms with Crippen LogP contribution in [0.15, 0.2) is 30.3 Å². The molecule has 2 aromatic rings. The maximum Gasteiger partial charge on any atom is 0.160 e. The molecule has 162 valence electrons.